The summed E-state index contributed by atoms with van der Waals surface area (Å²) in [5, 5.41) is 68.0. The molecule has 0 aliphatic carbocycles. The Hall–Kier alpha value is -4.23. The van der Waals surface area contributed by atoms with Crippen molar-refractivity contribution in [1.82, 2.24) is 70.8 Å². The van der Waals surface area contributed by atoms with E-state index in [2.05, 4.69) is 46.1 Å². The number of phosphoric acid groups is 3. The van der Waals surface area contributed by atoms with Gasteiger partial charge in [-0.2, -0.15) is 15.2 Å². The number of phosphoric ester groups is 3. The highest BCUT2D eigenvalue weighted by Crippen LogP contribution is 2.48. The number of rotatable bonds is 74. The van der Waals surface area contributed by atoms with Crippen LogP contribution in [0.1, 0.15) is 204 Å². The number of nitrogens with zero attached hydrogens (tertiary/aromatic N) is 12. The van der Waals surface area contributed by atoms with Crippen molar-refractivity contribution in [3.63, 3.8) is 0 Å². The molecule has 798 valence electrons. The summed E-state index contributed by atoms with van der Waals surface area (Å²) in [6.45, 7) is 34.1. The zero-order valence-electron chi connectivity index (χ0n) is 83.6. The van der Waals surface area contributed by atoms with Crippen molar-refractivity contribution in [2.75, 3.05) is 192 Å². The van der Waals surface area contributed by atoms with E-state index in [9.17, 15) is 53.6 Å². The highest BCUT2D eigenvalue weighted by molar-refractivity contribution is 7.46. The molecule has 5 fully saturated rings. The predicted molar refractivity (Wildman–Crippen MR) is 486 cm³/mol. The van der Waals surface area contributed by atoms with Crippen molar-refractivity contribution in [3.8, 4) is 0 Å². The molecule has 0 radical (unpaired) electrons. The second kappa shape index (κ2) is 58.9. The van der Waals surface area contributed by atoms with Crippen LogP contribution in [0.5, 0.6) is 0 Å². The zero-order valence-corrected chi connectivity index (χ0v) is 86.3. The molecule has 48 nitrogen and oxygen atoms in total. The van der Waals surface area contributed by atoms with Gasteiger partial charge in [0.25, 0.3) is 23.5 Å². The highest BCUT2D eigenvalue weighted by Gasteiger charge is 2.49. The third kappa shape index (κ3) is 44.2. The molecule has 5 saturated heterocycles. The minimum Gasteiger partial charge on any atom is -0.756 e. The van der Waals surface area contributed by atoms with E-state index in [1.54, 1.807) is 46.5 Å². The Balaban J connectivity index is 0.798. The van der Waals surface area contributed by atoms with Gasteiger partial charge in [0, 0.05) is 72.6 Å². The molecule has 8 rings (SSSR count). The Morgan fingerprint density at radius 2 is 0.717 bits per heavy atom. The molecule has 0 spiro atoms. The van der Waals surface area contributed by atoms with Crippen molar-refractivity contribution < 1.29 is 161 Å². The molecule has 5 aliphatic rings. The van der Waals surface area contributed by atoms with Gasteiger partial charge in [-0.25, -0.2) is 14.0 Å². The van der Waals surface area contributed by atoms with Crippen LogP contribution in [0.4, 0.5) is 0 Å². The molecule has 8 heterocycles. The van der Waals surface area contributed by atoms with Gasteiger partial charge in [-0.15, -0.1) is 15.3 Å². The average Bonchev–Trinajstić information content (AvgIpc) is 1.74. The summed E-state index contributed by atoms with van der Waals surface area (Å²) in [4.78, 5) is 65.6. The number of carbonyl (C=O) groups excluding carboxylic acids is 2. The Morgan fingerprint density at radius 1 is 0.413 bits per heavy atom. The van der Waals surface area contributed by atoms with Gasteiger partial charge < -0.3 is 149 Å². The largest absolute Gasteiger partial charge is 0.756 e. The molecule has 138 heavy (non-hydrogen) atoms. The molecule has 0 saturated carbocycles. The molecular formula is C87H158N14O34P3-3. The fraction of sp³-hybridized carbons (Fsp3) is 0.908. The van der Waals surface area contributed by atoms with Crippen LogP contribution in [0.25, 0.3) is 0 Å². The quantitative estimate of drug-likeness (QED) is 0.0349. The second-order valence-corrected chi connectivity index (χ2v) is 43.4. The highest BCUT2D eigenvalue weighted by atomic mass is 31.2. The number of hydrogen-bond acceptors (Lipinski definition) is 43. The van der Waals surface area contributed by atoms with Crippen LogP contribution in [0.3, 0.4) is 0 Å². The van der Waals surface area contributed by atoms with E-state index in [1.165, 1.54) is 15.2 Å². The Morgan fingerprint density at radius 3 is 1.06 bits per heavy atom. The van der Waals surface area contributed by atoms with Crippen LogP contribution >= 0.6 is 23.5 Å². The van der Waals surface area contributed by atoms with Crippen molar-refractivity contribution in [2.45, 2.75) is 320 Å². The summed E-state index contributed by atoms with van der Waals surface area (Å²) in [6.07, 6.45) is 5.30. The summed E-state index contributed by atoms with van der Waals surface area (Å²) in [6, 6.07) is 0. The van der Waals surface area contributed by atoms with Crippen LogP contribution in [-0.4, -0.2) is 373 Å². The van der Waals surface area contributed by atoms with Crippen LogP contribution in [-0.2, 0) is 170 Å². The molecule has 5 aliphatic heterocycles. The smallest absolute Gasteiger partial charge is 0.268 e. The lowest BCUT2D eigenvalue weighted by Crippen LogP contribution is -2.60. The molecule has 0 aromatic carbocycles. The molecular weight excluding hydrogens is 1880 g/mol. The van der Waals surface area contributed by atoms with Crippen molar-refractivity contribution in [2.24, 2.45) is 0 Å². The SMILES string of the molecule is COP(=O)([O-])OC1C[C@H](C)O[C@@H]1COP(=O)([O-])OC1C[C@H](C)O[C@@H]1COP(=O)([O-])OCCCCCCNC(=O)CCC(=O)NC(COCc1cn(CCOCCOCCOCCOC2CC(C)(C)N(O)C(C)(C)C2)nn1)(COCc1cn(CCOCCOCCOCCOC2CC(C)(C)N(O)C(C)(C)C2)nn1)COCc1cn(CCOCCOCCOCCOC2CC(C)(C)N(O)C(C)(C)C2)nn1. The van der Waals surface area contributed by atoms with Gasteiger partial charge in [0.2, 0.25) is 11.8 Å². The number of piperidine rings is 3. The van der Waals surface area contributed by atoms with E-state index in [-0.39, 0.29) is 103 Å². The molecule has 51 heteroatoms. The molecule has 2 amide bonds. The maximum Gasteiger partial charge on any atom is 0.268 e. The van der Waals surface area contributed by atoms with Crippen molar-refractivity contribution >= 4 is 35.3 Å². The van der Waals surface area contributed by atoms with E-state index in [0.29, 0.717) is 233 Å². The van der Waals surface area contributed by atoms with E-state index in [1.807, 2.05) is 83.1 Å². The van der Waals surface area contributed by atoms with Crippen LogP contribution in [0.15, 0.2) is 18.6 Å². The first-order valence-electron chi connectivity index (χ1n) is 48.0. The Labute approximate surface area is 811 Å². The predicted octanol–water partition coefficient (Wildman–Crippen LogP) is 5.38. The van der Waals surface area contributed by atoms with E-state index in [4.69, 9.17) is 103 Å². The van der Waals surface area contributed by atoms with Gasteiger partial charge in [0.15, 0.2) is 0 Å². The summed E-state index contributed by atoms with van der Waals surface area (Å²) >= 11 is 0. The molecule has 0 bridgehead atoms. The number of nitrogens with one attached hydrogen (secondary N) is 2. The lowest BCUT2D eigenvalue weighted by Gasteiger charge is -2.51. The first-order chi connectivity index (χ1) is 65.4. The normalized spacial score (nSPS) is 22.9. The maximum absolute atomic E-state index is 14.3. The standard InChI is InChI=1S/C87H161N14O34P3/c1-67-48-75(134-136(107,108)113-15)78(133-67)63-131-138(111,112)135-76-49-68(2)132-77(76)62-130-137(109,110)129-26-19-17-16-18-22-88-79(102)20-21-80(103)89-87(64-123-59-69-56-96(93-90-69)23-27-114-30-33-117-36-39-120-42-45-126-72-50-81(3,4)99(104)82(5,6)51-72,65-124-60-70-57-97(94-91-70)24-28-115-31-34-118-37-40-121-43-46-127-73-52-83(7,8)100(105)84(9,10)53-73)66-125-61-71-58-98(95-92-71)25-29-116-32-35-119-38-41-122-44-47-128-74-54-85(11,12)101(106)86(13,14)55-74/h56-58,67-68,72-78,104-106H,16-55,59-66H2,1-15H3,(H,88,102)(H,89,103)(H,107,108)(H,109,110)(H,111,112)/p-3/t67-,68-,75?,76?,77+,78+/m0/s1. The lowest BCUT2D eigenvalue weighted by atomic mass is 9.80. The molecule has 3 aromatic rings. The number of carbonyl (C=O) groups is 2. The van der Waals surface area contributed by atoms with Gasteiger partial charge in [-0.05, 0) is 148 Å². The van der Waals surface area contributed by atoms with Gasteiger partial charge >= 0.3 is 0 Å². The zero-order chi connectivity index (χ0) is 101. The minimum atomic E-state index is -5.11. The summed E-state index contributed by atoms with van der Waals surface area (Å²) in [7, 11) is -13.8. The molecule has 3 aromatic heterocycles. The number of hydroxylamine groups is 6. The maximum atomic E-state index is 14.3. The van der Waals surface area contributed by atoms with Gasteiger partial charge in [0.05, 0.1) is 279 Å². The molecule has 5 N–H and O–H groups in total. The third-order valence-electron chi connectivity index (χ3n) is 23.8. The van der Waals surface area contributed by atoms with E-state index < -0.39 is 124 Å². The van der Waals surface area contributed by atoms with Gasteiger partial charge in [-0.1, -0.05) is 28.5 Å². The number of aromatic nitrogens is 9. The number of hydrogen-bond donors (Lipinski definition) is 5. The summed E-state index contributed by atoms with van der Waals surface area (Å²) < 4.78 is 173. The van der Waals surface area contributed by atoms with Crippen LogP contribution in [0, 0.1) is 0 Å². The average molecular weight is 2040 g/mol. The number of amides is 2. The van der Waals surface area contributed by atoms with Gasteiger partial charge in [-0.3, -0.25) is 23.3 Å². The number of unbranched alkanes of at least 4 members (excludes halogenated alkanes) is 3. The first-order valence-corrected chi connectivity index (χ1v) is 52.3. The van der Waals surface area contributed by atoms with Crippen LogP contribution < -0.4 is 25.3 Å². The summed E-state index contributed by atoms with van der Waals surface area (Å²) in [5.41, 5.74) is -2.48. The molecule has 9 atom stereocenters. The fourth-order valence-corrected chi connectivity index (χ4v) is 19.8. The van der Waals surface area contributed by atoms with Crippen molar-refractivity contribution in [1.29, 1.82) is 0 Å². The van der Waals surface area contributed by atoms with E-state index in [0.717, 1.165) is 7.11 Å². The topological polar surface area (TPSA) is 553 Å². The second-order valence-electron chi connectivity index (χ2n) is 39.2. The Bertz CT molecular complexity index is 3770. The Kier molecular flexibility index (Phi) is 50.8. The lowest BCUT2D eigenvalue weighted by molar-refractivity contribution is -0.261. The summed E-state index contributed by atoms with van der Waals surface area (Å²) in [5.74, 6) is -0.947. The van der Waals surface area contributed by atoms with Crippen LogP contribution in [0.2, 0.25) is 0 Å². The van der Waals surface area contributed by atoms with Gasteiger partial charge in [0.1, 0.15) is 34.8 Å². The monoisotopic (exact) mass is 2040 g/mol. The van der Waals surface area contributed by atoms with E-state index >= 15 is 0 Å². The third-order valence-corrected chi connectivity index (χ3v) is 26.7. The fourth-order valence-electron chi connectivity index (χ4n) is 17.4. The first kappa shape index (κ1) is 119. The minimum absolute atomic E-state index is 0.00884. The number of ether oxygens (including phenoxy) is 17. The molecule has 5 unspecified atom stereocenters. The van der Waals surface area contributed by atoms with Crippen molar-refractivity contribution in [3.05, 3.63) is 35.7 Å².